The SMILES string of the molecule is COc1cccc(C2(c3ncn[nH]3)OCCS2)c1. The first-order valence-electron chi connectivity index (χ1n) is 5.63. The van der Waals surface area contributed by atoms with Gasteiger partial charge in [-0.1, -0.05) is 12.1 Å². The second-order valence-electron chi connectivity index (χ2n) is 3.88. The number of aromatic amines is 1. The number of hydrogen-bond donors (Lipinski definition) is 1. The lowest BCUT2D eigenvalue weighted by atomic mass is 10.1. The van der Waals surface area contributed by atoms with E-state index >= 15 is 0 Å². The molecule has 0 spiro atoms. The fourth-order valence-electron chi connectivity index (χ4n) is 2.04. The van der Waals surface area contributed by atoms with Gasteiger partial charge in [0.25, 0.3) is 0 Å². The van der Waals surface area contributed by atoms with Crippen LogP contribution in [-0.4, -0.2) is 34.7 Å². The summed E-state index contributed by atoms with van der Waals surface area (Å²) in [6.07, 6.45) is 1.50. The molecule has 6 heteroatoms. The molecule has 0 radical (unpaired) electrons. The van der Waals surface area contributed by atoms with Crippen molar-refractivity contribution in [2.45, 2.75) is 4.93 Å². The van der Waals surface area contributed by atoms with Crippen LogP contribution < -0.4 is 4.74 Å². The van der Waals surface area contributed by atoms with Gasteiger partial charge >= 0.3 is 0 Å². The molecule has 2 aromatic rings. The van der Waals surface area contributed by atoms with E-state index in [2.05, 4.69) is 15.2 Å². The number of rotatable bonds is 3. The highest BCUT2D eigenvalue weighted by atomic mass is 32.2. The molecule has 0 bridgehead atoms. The molecule has 2 heterocycles. The molecule has 1 saturated heterocycles. The molecule has 94 valence electrons. The van der Waals surface area contributed by atoms with E-state index in [0.717, 1.165) is 22.9 Å². The van der Waals surface area contributed by atoms with Crippen molar-refractivity contribution in [3.05, 3.63) is 42.0 Å². The molecular formula is C12H13N3O2S. The summed E-state index contributed by atoms with van der Waals surface area (Å²) in [4.78, 5) is 3.66. The van der Waals surface area contributed by atoms with Crippen molar-refractivity contribution in [3.63, 3.8) is 0 Å². The molecular weight excluding hydrogens is 250 g/mol. The summed E-state index contributed by atoms with van der Waals surface area (Å²) in [7, 11) is 1.66. The molecule has 3 rings (SSSR count). The molecule has 1 fully saturated rings. The quantitative estimate of drug-likeness (QED) is 0.914. The second-order valence-corrected chi connectivity index (χ2v) is 5.15. The van der Waals surface area contributed by atoms with Crippen molar-refractivity contribution in [2.24, 2.45) is 0 Å². The lowest BCUT2D eigenvalue weighted by molar-refractivity contribution is 0.0742. The van der Waals surface area contributed by atoms with Gasteiger partial charge in [0, 0.05) is 11.3 Å². The Morgan fingerprint density at radius 1 is 1.50 bits per heavy atom. The molecule has 1 aromatic carbocycles. The van der Waals surface area contributed by atoms with E-state index in [0.29, 0.717) is 6.61 Å². The van der Waals surface area contributed by atoms with E-state index in [9.17, 15) is 0 Å². The summed E-state index contributed by atoms with van der Waals surface area (Å²) in [5.41, 5.74) is 1.01. The first kappa shape index (κ1) is 11.6. The molecule has 1 unspecified atom stereocenters. The number of nitrogens with zero attached hydrogens (tertiary/aromatic N) is 2. The third-order valence-corrected chi connectivity index (χ3v) is 4.19. The normalized spacial score (nSPS) is 23.2. The standard InChI is InChI=1S/C12H13N3O2S/c1-16-10-4-2-3-9(7-10)12(17-5-6-18-12)11-13-8-14-15-11/h2-4,7-8H,5-6H2,1H3,(H,13,14,15). The summed E-state index contributed by atoms with van der Waals surface area (Å²) in [6.45, 7) is 0.697. The van der Waals surface area contributed by atoms with E-state index in [4.69, 9.17) is 9.47 Å². The lowest BCUT2D eigenvalue weighted by Gasteiger charge is -2.25. The topological polar surface area (TPSA) is 60.0 Å². The maximum Gasteiger partial charge on any atom is 0.199 e. The molecule has 5 nitrogen and oxygen atoms in total. The number of methoxy groups -OCH3 is 1. The highest BCUT2D eigenvalue weighted by molar-refractivity contribution is 8.00. The predicted molar refractivity (Wildman–Crippen MR) is 68.6 cm³/mol. The molecule has 18 heavy (non-hydrogen) atoms. The highest BCUT2D eigenvalue weighted by Crippen LogP contribution is 2.46. The van der Waals surface area contributed by atoms with Crippen LogP contribution in [-0.2, 0) is 9.67 Å². The number of hydrogen-bond acceptors (Lipinski definition) is 5. The Morgan fingerprint density at radius 3 is 3.11 bits per heavy atom. The van der Waals surface area contributed by atoms with Gasteiger partial charge in [-0.3, -0.25) is 5.10 Å². The van der Waals surface area contributed by atoms with Crippen molar-refractivity contribution < 1.29 is 9.47 Å². The smallest absolute Gasteiger partial charge is 0.199 e. The van der Waals surface area contributed by atoms with Gasteiger partial charge in [0.1, 0.15) is 12.1 Å². The van der Waals surface area contributed by atoms with Crippen molar-refractivity contribution in [3.8, 4) is 5.75 Å². The maximum atomic E-state index is 5.94. The third-order valence-electron chi connectivity index (χ3n) is 2.87. The Balaban J connectivity index is 2.09. The number of ether oxygens (including phenoxy) is 2. The number of thioether (sulfide) groups is 1. The average Bonchev–Trinajstić information content (AvgIpc) is 3.10. The maximum absolute atomic E-state index is 5.94. The summed E-state index contributed by atoms with van der Waals surface area (Å²) in [6, 6.07) is 7.86. The van der Waals surface area contributed by atoms with E-state index < -0.39 is 4.93 Å². The Hall–Kier alpha value is -1.53. The average molecular weight is 263 g/mol. The van der Waals surface area contributed by atoms with Gasteiger partial charge in [0.05, 0.1) is 13.7 Å². The molecule has 1 atom stereocenters. The van der Waals surface area contributed by atoms with Gasteiger partial charge < -0.3 is 9.47 Å². The van der Waals surface area contributed by atoms with Crippen molar-refractivity contribution in [2.75, 3.05) is 19.5 Å². The molecule has 0 aliphatic carbocycles. The van der Waals surface area contributed by atoms with Crippen LogP contribution >= 0.6 is 11.8 Å². The molecule has 1 aliphatic rings. The molecule has 0 amide bonds. The third kappa shape index (κ3) is 1.77. The second kappa shape index (κ2) is 4.62. The summed E-state index contributed by atoms with van der Waals surface area (Å²) in [5.74, 6) is 2.46. The monoisotopic (exact) mass is 263 g/mol. The Morgan fingerprint density at radius 2 is 2.44 bits per heavy atom. The Bertz CT molecular complexity index is 524. The molecule has 1 aromatic heterocycles. The van der Waals surface area contributed by atoms with Gasteiger partial charge in [-0.15, -0.1) is 11.8 Å². The van der Waals surface area contributed by atoms with Gasteiger partial charge in [-0.2, -0.15) is 5.10 Å². The summed E-state index contributed by atoms with van der Waals surface area (Å²) < 4.78 is 11.2. The summed E-state index contributed by atoms with van der Waals surface area (Å²) in [5, 5.41) is 6.83. The van der Waals surface area contributed by atoms with Crippen LogP contribution in [0.4, 0.5) is 0 Å². The molecule has 0 saturated carbocycles. The van der Waals surface area contributed by atoms with Crippen LogP contribution in [0.15, 0.2) is 30.6 Å². The van der Waals surface area contributed by atoms with Crippen LogP contribution in [0, 0.1) is 0 Å². The van der Waals surface area contributed by atoms with Crippen molar-refractivity contribution >= 4 is 11.8 Å². The van der Waals surface area contributed by atoms with Crippen LogP contribution in [0.5, 0.6) is 5.75 Å². The van der Waals surface area contributed by atoms with Crippen LogP contribution in [0.1, 0.15) is 11.4 Å². The zero-order valence-electron chi connectivity index (χ0n) is 9.92. The van der Waals surface area contributed by atoms with E-state index in [1.165, 1.54) is 6.33 Å². The number of H-pyrrole nitrogens is 1. The van der Waals surface area contributed by atoms with Crippen LogP contribution in [0.3, 0.4) is 0 Å². The van der Waals surface area contributed by atoms with Gasteiger partial charge in [0.15, 0.2) is 10.8 Å². The van der Waals surface area contributed by atoms with E-state index in [1.807, 2.05) is 24.3 Å². The summed E-state index contributed by atoms with van der Waals surface area (Å²) >= 11 is 1.71. The van der Waals surface area contributed by atoms with Gasteiger partial charge in [0.2, 0.25) is 0 Å². The minimum atomic E-state index is -0.592. The zero-order chi connectivity index (χ0) is 12.4. The zero-order valence-corrected chi connectivity index (χ0v) is 10.7. The van der Waals surface area contributed by atoms with Gasteiger partial charge in [-0.25, -0.2) is 4.98 Å². The number of nitrogens with one attached hydrogen (secondary N) is 1. The predicted octanol–water partition coefficient (Wildman–Crippen LogP) is 1.78. The molecule has 1 aliphatic heterocycles. The minimum Gasteiger partial charge on any atom is -0.497 e. The fraction of sp³-hybridized carbons (Fsp3) is 0.333. The van der Waals surface area contributed by atoms with Crippen LogP contribution in [0.25, 0.3) is 0 Å². The number of aromatic nitrogens is 3. The van der Waals surface area contributed by atoms with E-state index in [-0.39, 0.29) is 0 Å². The number of benzene rings is 1. The van der Waals surface area contributed by atoms with Gasteiger partial charge in [-0.05, 0) is 12.1 Å². The van der Waals surface area contributed by atoms with E-state index in [1.54, 1.807) is 18.9 Å². The highest BCUT2D eigenvalue weighted by Gasteiger charge is 2.42. The largest absolute Gasteiger partial charge is 0.497 e. The first-order valence-corrected chi connectivity index (χ1v) is 6.62. The van der Waals surface area contributed by atoms with Crippen molar-refractivity contribution in [1.29, 1.82) is 0 Å². The Labute approximate surface area is 109 Å². The van der Waals surface area contributed by atoms with Crippen molar-refractivity contribution in [1.82, 2.24) is 15.2 Å². The fourth-order valence-corrected chi connectivity index (χ4v) is 3.19. The van der Waals surface area contributed by atoms with Crippen LogP contribution in [0.2, 0.25) is 0 Å². The minimum absolute atomic E-state index is 0.592. The first-order chi connectivity index (χ1) is 8.85. The molecule has 1 N–H and O–H groups in total. The lowest BCUT2D eigenvalue weighted by Crippen LogP contribution is -2.25. The Kier molecular flexibility index (Phi) is 2.97.